The molecule has 4 heteroatoms. The monoisotopic (exact) mass is 252 g/mol. The molecule has 1 aliphatic rings. The quantitative estimate of drug-likeness (QED) is 0.897. The molecular weight excluding hydrogens is 232 g/mol. The Labute approximate surface area is 107 Å². The van der Waals surface area contributed by atoms with Gasteiger partial charge in [-0.05, 0) is 30.2 Å². The van der Waals surface area contributed by atoms with Crippen LogP contribution in [0.4, 0.5) is 0 Å². The van der Waals surface area contributed by atoms with E-state index in [2.05, 4.69) is 6.92 Å². The summed E-state index contributed by atoms with van der Waals surface area (Å²) in [7, 11) is 0. The molecule has 2 N–H and O–H groups in total. The molecule has 1 aromatic heterocycles. The van der Waals surface area contributed by atoms with Crippen LogP contribution < -0.4 is 5.73 Å². The van der Waals surface area contributed by atoms with Gasteiger partial charge in [-0.15, -0.1) is 0 Å². The number of nitrogens with two attached hydrogens (primary N) is 1. The number of carbonyl (C=O) groups is 1. The van der Waals surface area contributed by atoms with Crippen molar-refractivity contribution in [1.29, 1.82) is 0 Å². The largest absolute Gasteiger partial charge is 0.334 e. The van der Waals surface area contributed by atoms with Crippen LogP contribution in [-0.2, 0) is 0 Å². The smallest absolute Gasteiger partial charge is 0.254 e. The summed E-state index contributed by atoms with van der Waals surface area (Å²) in [5.74, 6) is 0.881. The number of likely N-dealkylation sites (tertiary alicyclic amines) is 1. The Bertz CT molecular complexity index is 364. The van der Waals surface area contributed by atoms with Crippen molar-refractivity contribution in [3.8, 4) is 0 Å². The maximum Gasteiger partial charge on any atom is 0.254 e. The van der Waals surface area contributed by atoms with E-state index in [9.17, 15) is 4.79 Å². The zero-order valence-corrected chi connectivity index (χ0v) is 11.1. The third kappa shape index (κ3) is 2.69. The summed E-state index contributed by atoms with van der Waals surface area (Å²) in [4.78, 5) is 14.3. The molecule has 0 radical (unpaired) electrons. The van der Waals surface area contributed by atoms with Crippen molar-refractivity contribution in [2.24, 2.45) is 11.7 Å². The predicted octanol–water partition coefficient (Wildman–Crippen LogP) is 2.34. The van der Waals surface area contributed by atoms with Gasteiger partial charge in [0.05, 0.1) is 5.56 Å². The van der Waals surface area contributed by atoms with Crippen LogP contribution in [0.25, 0.3) is 0 Å². The number of thiophene rings is 1. The lowest BCUT2D eigenvalue weighted by Gasteiger charge is -2.38. The van der Waals surface area contributed by atoms with E-state index in [1.807, 2.05) is 21.7 Å². The SMILES string of the molecule is CCC1CCN(C(=O)c2ccsc2)C(CN)C1. The molecule has 3 nitrogen and oxygen atoms in total. The van der Waals surface area contributed by atoms with Crippen LogP contribution in [0.3, 0.4) is 0 Å². The standard InChI is InChI=1S/C13H20N2OS/c1-2-10-3-5-15(12(7-10)8-14)13(16)11-4-6-17-9-11/h4,6,9-10,12H,2-3,5,7-8,14H2,1H3. The summed E-state index contributed by atoms with van der Waals surface area (Å²) in [6, 6.07) is 2.12. The number of carbonyl (C=O) groups excluding carboxylic acids is 1. The molecule has 2 atom stereocenters. The average molecular weight is 252 g/mol. The highest BCUT2D eigenvalue weighted by molar-refractivity contribution is 7.08. The molecule has 2 unspecified atom stereocenters. The first-order chi connectivity index (χ1) is 8.26. The minimum atomic E-state index is 0.149. The number of hydrogen-bond donors (Lipinski definition) is 1. The van der Waals surface area contributed by atoms with Crippen molar-refractivity contribution < 1.29 is 4.79 Å². The van der Waals surface area contributed by atoms with E-state index < -0.39 is 0 Å². The van der Waals surface area contributed by atoms with Crippen molar-refractivity contribution >= 4 is 17.2 Å². The lowest BCUT2D eigenvalue weighted by atomic mass is 9.88. The Hall–Kier alpha value is -0.870. The fraction of sp³-hybridized carbons (Fsp3) is 0.615. The Kier molecular flexibility index (Phi) is 4.18. The van der Waals surface area contributed by atoms with Gasteiger partial charge >= 0.3 is 0 Å². The van der Waals surface area contributed by atoms with E-state index in [0.717, 1.165) is 30.9 Å². The molecule has 0 aliphatic carbocycles. The summed E-state index contributed by atoms with van der Waals surface area (Å²) in [5, 5.41) is 3.87. The normalized spacial score (nSPS) is 24.9. The van der Waals surface area contributed by atoms with Gasteiger partial charge in [0, 0.05) is 24.5 Å². The van der Waals surface area contributed by atoms with E-state index in [0.29, 0.717) is 6.54 Å². The van der Waals surface area contributed by atoms with Crippen LogP contribution in [0.2, 0.25) is 0 Å². The van der Waals surface area contributed by atoms with Gasteiger partial charge in [-0.3, -0.25) is 4.79 Å². The van der Waals surface area contributed by atoms with E-state index >= 15 is 0 Å². The van der Waals surface area contributed by atoms with Crippen LogP contribution in [-0.4, -0.2) is 29.9 Å². The van der Waals surface area contributed by atoms with Gasteiger partial charge in [-0.2, -0.15) is 11.3 Å². The summed E-state index contributed by atoms with van der Waals surface area (Å²) in [6.45, 7) is 3.65. The minimum Gasteiger partial charge on any atom is -0.334 e. The van der Waals surface area contributed by atoms with Gasteiger partial charge in [-0.1, -0.05) is 13.3 Å². The Morgan fingerprint density at radius 3 is 3.06 bits per heavy atom. The fourth-order valence-corrected chi connectivity index (χ4v) is 3.18. The highest BCUT2D eigenvalue weighted by Gasteiger charge is 2.30. The summed E-state index contributed by atoms with van der Waals surface area (Å²) in [6.07, 6.45) is 3.36. The fourth-order valence-electron chi connectivity index (χ4n) is 2.55. The van der Waals surface area contributed by atoms with E-state index in [-0.39, 0.29) is 11.9 Å². The molecule has 0 saturated carbocycles. The van der Waals surface area contributed by atoms with Crippen molar-refractivity contribution in [3.63, 3.8) is 0 Å². The number of nitrogens with zero attached hydrogens (tertiary/aromatic N) is 1. The third-order valence-corrected chi connectivity index (χ3v) is 4.39. The van der Waals surface area contributed by atoms with Crippen molar-refractivity contribution in [2.75, 3.05) is 13.1 Å². The molecule has 0 spiro atoms. The Morgan fingerprint density at radius 2 is 2.47 bits per heavy atom. The summed E-state index contributed by atoms with van der Waals surface area (Å²) >= 11 is 1.57. The summed E-state index contributed by atoms with van der Waals surface area (Å²) in [5.41, 5.74) is 6.62. The second-order valence-electron chi connectivity index (χ2n) is 4.70. The molecule has 17 heavy (non-hydrogen) atoms. The van der Waals surface area contributed by atoms with Crippen molar-refractivity contribution in [2.45, 2.75) is 32.2 Å². The molecule has 94 valence electrons. The molecule has 2 rings (SSSR count). The first kappa shape index (κ1) is 12.6. The topological polar surface area (TPSA) is 46.3 Å². The van der Waals surface area contributed by atoms with Gasteiger partial charge in [0.15, 0.2) is 0 Å². The molecule has 0 aromatic carbocycles. The van der Waals surface area contributed by atoms with Crippen LogP contribution in [0.15, 0.2) is 16.8 Å². The van der Waals surface area contributed by atoms with Crippen LogP contribution >= 0.6 is 11.3 Å². The number of amides is 1. The van der Waals surface area contributed by atoms with Crippen LogP contribution in [0, 0.1) is 5.92 Å². The molecule has 1 aliphatic heterocycles. The predicted molar refractivity (Wildman–Crippen MR) is 71.2 cm³/mol. The van der Waals surface area contributed by atoms with Crippen LogP contribution in [0.5, 0.6) is 0 Å². The summed E-state index contributed by atoms with van der Waals surface area (Å²) < 4.78 is 0. The van der Waals surface area contributed by atoms with Crippen LogP contribution in [0.1, 0.15) is 36.5 Å². The molecule has 1 fully saturated rings. The first-order valence-corrected chi connectivity index (χ1v) is 7.23. The lowest BCUT2D eigenvalue weighted by Crippen LogP contribution is -2.49. The zero-order chi connectivity index (χ0) is 12.3. The average Bonchev–Trinajstić information content (AvgIpc) is 2.91. The molecular formula is C13H20N2OS. The second-order valence-corrected chi connectivity index (χ2v) is 5.48. The molecule has 1 aromatic rings. The molecule has 0 bridgehead atoms. The van der Waals surface area contributed by atoms with Gasteiger partial charge in [-0.25, -0.2) is 0 Å². The van der Waals surface area contributed by atoms with Crippen molar-refractivity contribution in [3.05, 3.63) is 22.4 Å². The highest BCUT2D eigenvalue weighted by Crippen LogP contribution is 2.26. The van der Waals surface area contributed by atoms with E-state index in [1.165, 1.54) is 6.42 Å². The number of rotatable bonds is 3. The number of piperidine rings is 1. The maximum atomic E-state index is 12.3. The van der Waals surface area contributed by atoms with Gasteiger partial charge in [0.2, 0.25) is 0 Å². The number of hydrogen-bond acceptors (Lipinski definition) is 3. The van der Waals surface area contributed by atoms with Gasteiger partial charge in [0.25, 0.3) is 5.91 Å². The van der Waals surface area contributed by atoms with Gasteiger partial charge in [0.1, 0.15) is 0 Å². The molecule has 1 saturated heterocycles. The zero-order valence-electron chi connectivity index (χ0n) is 10.3. The van der Waals surface area contributed by atoms with E-state index in [1.54, 1.807) is 11.3 Å². The molecule has 2 heterocycles. The first-order valence-electron chi connectivity index (χ1n) is 6.29. The second kappa shape index (κ2) is 5.65. The van der Waals surface area contributed by atoms with E-state index in [4.69, 9.17) is 5.73 Å². The van der Waals surface area contributed by atoms with Gasteiger partial charge < -0.3 is 10.6 Å². The van der Waals surface area contributed by atoms with Crippen molar-refractivity contribution in [1.82, 2.24) is 4.90 Å². The Morgan fingerprint density at radius 1 is 1.65 bits per heavy atom. The highest BCUT2D eigenvalue weighted by atomic mass is 32.1. The third-order valence-electron chi connectivity index (χ3n) is 3.70. The lowest BCUT2D eigenvalue weighted by molar-refractivity contribution is 0.0559. The maximum absolute atomic E-state index is 12.3. The Balaban J connectivity index is 2.07. The molecule has 1 amide bonds. The minimum absolute atomic E-state index is 0.149.